The first kappa shape index (κ1) is 11.6. The van der Waals surface area contributed by atoms with Crippen molar-refractivity contribution in [2.75, 3.05) is 6.61 Å². The lowest BCUT2D eigenvalue weighted by Gasteiger charge is -2.22. The summed E-state index contributed by atoms with van der Waals surface area (Å²) >= 11 is 0. The molecule has 84 valence electrons. The predicted octanol–water partition coefficient (Wildman–Crippen LogP) is 0.496. The molecule has 0 spiro atoms. The fourth-order valence-corrected chi connectivity index (χ4v) is 1.62. The van der Waals surface area contributed by atoms with Crippen molar-refractivity contribution < 1.29 is 9.76 Å². The first-order valence-electron chi connectivity index (χ1n) is 4.38. The Morgan fingerprint density at radius 2 is 2.33 bits per heavy atom. The molecule has 0 aliphatic rings. The number of rotatable bonds is 4. The van der Waals surface area contributed by atoms with Gasteiger partial charge in [-0.3, -0.25) is 14.8 Å². The van der Waals surface area contributed by atoms with E-state index < -0.39 is 10.3 Å². The van der Waals surface area contributed by atoms with Crippen molar-refractivity contribution in [3.05, 3.63) is 22.0 Å². The molecule has 0 amide bonds. The number of hydrogen-bond donors (Lipinski definition) is 1. The lowest BCUT2D eigenvalue weighted by molar-refractivity contribution is -0.386. The fourth-order valence-electron chi connectivity index (χ4n) is 1.62. The van der Waals surface area contributed by atoms with Gasteiger partial charge in [0.2, 0.25) is 0 Å². The Kier molecular flexibility index (Phi) is 3.06. The highest BCUT2D eigenvalue weighted by molar-refractivity contribution is 5.38. The van der Waals surface area contributed by atoms with Gasteiger partial charge in [-0.15, -0.1) is 0 Å². The highest BCUT2D eigenvalue weighted by Gasteiger charge is 2.33. The molecule has 0 atom stereocenters. The molecule has 0 saturated heterocycles. The minimum absolute atomic E-state index is 0.0143. The molecule has 2 N–H and O–H groups in total. The van der Waals surface area contributed by atoms with Crippen LogP contribution < -0.4 is 5.90 Å². The van der Waals surface area contributed by atoms with Crippen molar-refractivity contribution in [1.29, 1.82) is 0 Å². The lowest BCUT2D eigenvalue weighted by atomic mass is 9.89. The Morgan fingerprint density at radius 3 is 2.80 bits per heavy atom. The van der Waals surface area contributed by atoms with E-state index in [0.29, 0.717) is 5.69 Å². The number of hydrogen-bond acceptors (Lipinski definition) is 5. The highest BCUT2D eigenvalue weighted by Crippen LogP contribution is 2.30. The topological polar surface area (TPSA) is 96.2 Å². The van der Waals surface area contributed by atoms with Gasteiger partial charge in [-0.25, -0.2) is 5.90 Å². The summed E-state index contributed by atoms with van der Waals surface area (Å²) in [5.74, 6) is 5.00. The van der Waals surface area contributed by atoms with Crippen LogP contribution in [0.5, 0.6) is 0 Å². The maximum atomic E-state index is 10.8. The normalized spacial score (nSPS) is 11.7. The molecule has 7 nitrogen and oxygen atoms in total. The molecule has 1 heterocycles. The average molecular weight is 214 g/mol. The van der Waals surface area contributed by atoms with Gasteiger partial charge < -0.3 is 4.84 Å². The molecule has 1 rings (SSSR count). The summed E-state index contributed by atoms with van der Waals surface area (Å²) < 4.78 is 1.47. The maximum Gasteiger partial charge on any atom is 0.310 e. The second-order valence-electron chi connectivity index (χ2n) is 3.95. The van der Waals surface area contributed by atoms with Gasteiger partial charge in [0.05, 0.1) is 11.5 Å². The SMILES string of the molecule is Cn1ncc([N+](=O)[O-])c1C(C)(C)CON. The summed E-state index contributed by atoms with van der Waals surface area (Å²) in [6.45, 7) is 3.81. The van der Waals surface area contributed by atoms with Gasteiger partial charge in [0.15, 0.2) is 0 Å². The van der Waals surface area contributed by atoms with E-state index in [1.165, 1.54) is 10.9 Å². The second-order valence-corrected chi connectivity index (χ2v) is 3.95. The van der Waals surface area contributed by atoms with Gasteiger partial charge in [-0.2, -0.15) is 5.10 Å². The van der Waals surface area contributed by atoms with Crippen LogP contribution in [0.4, 0.5) is 5.69 Å². The van der Waals surface area contributed by atoms with Crippen molar-refractivity contribution in [3.63, 3.8) is 0 Å². The van der Waals surface area contributed by atoms with Crippen molar-refractivity contribution in [2.45, 2.75) is 19.3 Å². The van der Waals surface area contributed by atoms with E-state index in [4.69, 9.17) is 5.90 Å². The standard InChI is InChI=1S/C8H14N4O3/c1-8(2,5-15-9)7-6(12(13)14)4-10-11(7)3/h4H,5,9H2,1-3H3. The monoisotopic (exact) mass is 214 g/mol. The van der Waals surface area contributed by atoms with Crippen LogP contribution in [0.1, 0.15) is 19.5 Å². The van der Waals surface area contributed by atoms with E-state index in [1.54, 1.807) is 7.05 Å². The van der Waals surface area contributed by atoms with Crippen LogP contribution in [0.3, 0.4) is 0 Å². The molecule has 7 heteroatoms. The van der Waals surface area contributed by atoms with Gasteiger partial charge in [0.1, 0.15) is 11.9 Å². The van der Waals surface area contributed by atoms with Crippen LogP contribution in [-0.2, 0) is 17.3 Å². The summed E-state index contributed by atoms with van der Waals surface area (Å²) in [4.78, 5) is 14.9. The smallest absolute Gasteiger partial charge is 0.304 e. The van der Waals surface area contributed by atoms with E-state index in [-0.39, 0.29) is 12.3 Å². The Labute approximate surface area is 86.9 Å². The van der Waals surface area contributed by atoms with Gasteiger partial charge in [0, 0.05) is 12.5 Å². The third-order valence-corrected chi connectivity index (χ3v) is 2.20. The average Bonchev–Trinajstić information content (AvgIpc) is 2.47. The van der Waals surface area contributed by atoms with E-state index in [0.717, 1.165) is 0 Å². The van der Waals surface area contributed by atoms with Crippen LogP contribution in [0, 0.1) is 10.1 Å². The molecule has 0 aliphatic heterocycles. The number of aryl methyl sites for hydroxylation is 1. The van der Waals surface area contributed by atoms with Crippen LogP contribution >= 0.6 is 0 Å². The molecule has 0 fully saturated rings. The zero-order chi connectivity index (χ0) is 11.6. The first-order chi connectivity index (χ1) is 6.90. The largest absolute Gasteiger partial charge is 0.310 e. The van der Waals surface area contributed by atoms with E-state index in [9.17, 15) is 10.1 Å². The number of nitrogens with zero attached hydrogens (tertiary/aromatic N) is 3. The first-order valence-corrected chi connectivity index (χ1v) is 4.38. The Balaban J connectivity index is 3.22. The number of nitrogens with two attached hydrogens (primary N) is 1. The van der Waals surface area contributed by atoms with Crippen LogP contribution in [-0.4, -0.2) is 21.3 Å². The van der Waals surface area contributed by atoms with Gasteiger partial charge >= 0.3 is 5.69 Å². The molecular weight excluding hydrogens is 200 g/mol. The van der Waals surface area contributed by atoms with Crippen LogP contribution in [0.15, 0.2) is 6.20 Å². The summed E-state index contributed by atoms with van der Waals surface area (Å²) in [5, 5.41) is 14.6. The Morgan fingerprint density at radius 1 is 1.73 bits per heavy atom. The molecule has 0 bridgehead atoms. The molecule has 0 unspecified atom stereocenters. The summed E-state index contributed by atoms with van der Waals surface area (Å²) in [7, 11) is 1.65. The molecule has 0 radical (unpaired) electrons. The summed E-state index contributed by atoms with van der Waals surface area (Å²) in [5.41, 5.74) is -0.0694. The maximum absolute atomic E-state index is 10.8. The van der Waals surface area contributed by atoms with Gasteiger partial charge in [-0.1, -0.05) is 13.8 Å². The molecule has 0 aliphatic carbocycles. The summed E-state index contributed by atoms with van der Waals surface area (Å²) in [6.07, 6.45) is 1.23. The Hall–Kier alpha value is -1.47. The Bertz CT molecular complexity index is 372. The van der Waals surface area contributed by atoms with Gasteiger partial charge in [0.25, 0.3) is 0 Å². The van der Waals surface area contributed by atoms with Crippen molar-refractivity contribution in [1.82, 2.24) is 9.78 Å². The summed E-state index contributed by atoms with van der Waals surface area (Å²) in [6, 6.07) is 0. The lowest BCUT2D eigenvalue weighted by Crippen LogP contribution is -2.29. The van der Waals surface area contributed by atoms with Crippen LogP contribution in [0.25, 0.3) is 0 Å². The van der Waals surface area contributed by atoms with Crippen LogP contribution in [0.2, 0.25) is 0 Å². The van der Waals surface area contributed by atoms with E-state index in [1.807, 2.05) is 13.8 Å². The predicted molar refractivity (Wildman–Crippen MR) is 53.0 cm³/mol. The minimum Gasteiger partial charge on any atom is -0.304 e. The molecule has 1 aromatic rings. The number of aromatic nitrogens is 2. The fraction of sp³-hybridized carbons (Fsp3) is 0.625. The molecule has 0 aromatic carbocycles. The zero-order valence-electron chi connectivity index (χ0n) is 8.93. The van der Waals surface area contributed by atoms with E-state index >= 15 is 0 Å². The molecule has 15 heavy (non-hydrogen) atoms. The van der Waals surface area contributed by atoms with Crippen molar-refractivity contribution >= 4 is 5.69 Å². The van der Waals surface area contributed by atoms with E-state index in [2.05, 4.69) is 9.94 Å². The highest BCUT2D eigenvalue weighted by atomic mass is 16.6. The third-order valence-electron chi connectivity index (χ3n) is 2.20. The molecule has 1 aromatic heterocycles. The van der Waals surface area contributed by atoms with Gasteiger partial charge in [-0.05, 0) is 0 Å². The van der Waals surface area contributed by atoms with Crippen molar-refractivity contribution in [2.24, 2.45) is 12.9 Å². The second kappa shape index (κ2) is 3.95. The van der Waals surface area contributed by atoms with Crippen molar-refractivity contribution in [3.8, 4) is 0 Å². The molecular formula is C8H14N4O3. The molecule has 0 saturated carbocycles. The zero-order valence-corrected chi connectivity index (χ0v) is 8.93. The minimum atomic E-state index is -0.553. The number of nitro groups is 1. The quantitative estimate of drug-likeness (QED) is 0.581. The third kappa shape index (κ3) is 2.13.